The molecule has 2 aliphatic rings. The molecule has 2 aliphatic heterocycles. The van der Waals surface area contributed by atoms with Gasteiger partial charge in [0.1, 0.15) is 17.6 Å². The van der Waals surface area contributed by atoms with E-state index in [4.69, 9.17) is 15.9 Å². The van der Waals surface area contributed by atoms with E-state index in [-0.39, 0.29) is 17.6 Å². The number of amidine groups is 1. The number of hydrogen-bond donors (Lipinski definition) is 3. The van der Waals surface area contributed by atoms with Crippen molar-refractivity contribution in [2.45, 2.75) is 24.9 Å². The second-order valence-corrected chi connectivity index (χ2v) is 10.3. The molecule has 3 aromatic carbocycles. The molecule has 0 radical (unpaired) electrons. The van der Waals surface area contributed by atoms with Gasteiger partial charge in [0.2, 0.25) is 0 Å². The highest BCUT2D eigenvalue weighted by molar-refractivity contribution is 5.95. The summed E-state index contributed by atoms with van der Waals surface area (Å²) in [5.74, 6) is 0.111. The molecule has 2 fully saturated rings. The van der Waals surface area contributed by atoms with E-state index in [1.165, 1.54) is 12.8 Å². The molecule has 3 aromatic rings. The molecule has 2 heterocycles. The Labute approximate surface area is 230 Å². The molecule has 0 aliphatic carbocycles. The summed E-state index contributed by atoms with van der Waals surface area (Å²) in [4.78, 5) is 20.1. The Morgan fingerprint density at radius 2 is 1.44 bits per heavy atom. The number of nitrogens with zero attached hydrogens (tertiary/aromatic N) is 3. The van der Waals surface area contributed by atoms with Gasteiger partial charge in [-0.1, -0.05) is 36.4 Å². The highest BCUT2D eigenvalue weighted by atomic mass is 16.5. The predicted molar refractivity (Wildman–Crippen MR) is 154 cm³/mol. The van der Waals surface area contributed by atoms with Gasteiger partial charge >= 0.3 is 5.97 Å². The van der Waals surface area contributed by atoms with Crippen molar-refractivity contribution in [1.82, 2.24) is 9.80 Å². The van der Waals surface area contributed by atoms with Crippen molar-refractivity contribution in [3.63, 3.8) is 0 Å². The predicted octanol–water partition coefficient (Wildman–Crippen LogP) is 3.84. The quantitative estimate of drug-likeness (QED) is 0.244. The third kappa shape index (κ3) is 6.08. The fourth-order valence-corrected chi connectivity index (χ4v) is 5.83. The van der Waals surface area contributed by atoms with Gasteiger partial charge in [0.15, 0.2) is 0 Å². The number of likely N-dealkylation sites (tertiary alicyclic amines) is 1. The molecule has 8 heteroatoms. The maximum absolute atomic E-state index is 12.9. The third-order valence-corrected chi connectivity index (χ3v) is 8.09. The molecule has 1 atom stereocenters. The van der Waals surface area contributed by atoms with Crippen molar-refractivity contribution in [3.05, 3.63) is 83.9 Å². The zero-order chi connectivity index (χ0) is 27.4. The maximum atomic E-state index is 12.9. The average Bonchev–Trinajstić information content (AvgIpc) is 2.98. The van der Waals surface area contributed by atoms with E-state index >= 15 is 0 Å². The highest BCUT2D eigenvalue weighted by Crippen LogP contribution is 2.30. The Morgan fingerprint density at radius 3 is 1.97 bits per heavy atom. The minimum absolute atomic E-state index is 0.0956. The van der Waals surface area contributed by atoms with Crippen molar-refractivity contribution in [1.29, 1.82) is 5.41 Å². The number of hydrogen-bond acceptors (Lipinski definition) is 7. The first-order valence-electron chi connectivity index (χ1n) is 13.6. The van der Waals surface area contributed by atoms with Crippen LogP contribution in [0.4, 0.5) is 5.69 Å². The summed E-state index contributed by atoms with van der Waals surface area (Å²) < 4.78 is 5.22. The summed E-state index contributed by atoms with van der Waals surface area (Å²) in [7, 11) is 1.46. The fourth-order valence-electron chi connectivity index (χ4n) is 5.83. The number of nitrogens with one attached hydrogen (secondary N) is 1. The lowest BCUT2D eigenvalue weighted by atomic mass is 9.96. The van der Waals surface area contributed by atoms with Gasteiger partial charge < -0.3 is 20.5 Å². The molecule has 0 bridgehead atoms. The monoisotopic (exact) mass is 527 g/mol. The van der Waals surface area contributed by atoms with Crippen LogP contribution in [-0.4, -0.2) is 79.1 Å². The van der Waals surface area contributed by atoms with Crippen LogP contribution in [0.15, 0.2) is 72.8 Å². The molecular weight excluding hydrogens is 490 g/mol. The number of phenols is 1. The van der Waals surface area contributed by atoms with E-state index in [1.54, 1.807) is 12.1 Å². The fraction of sp³-hybridized carbons (Fsp3) is 0.355. The van der Waals surface area contributed by atoms with Gasteiger partial charge in [0, 0.05) is 56.6 Å². The van der Waals surface area contributed by atoms with Gasteiger partial charge in [-0.3, -0.25) is 15.2 Å². The van der Waals surface area contributed by atoms with E-state index in [1.807, 2.05) is 48.5 Å². The van der Waals surface area contributed by atoms with Crippen molar-refractivity contribution in [3.8, 4) is 16.9 Å². The van der Waals surface area contributed by atoms with E-state index in [2.05, 4.69) is 26.8 Å². The summed E-state index contributed by atoms with van der Waals surface area (Å²) in [5.41, 5.74) is 10.5. The Hall–Kier alpha value is -3.88. The Kier molecular flexibility index (Phi) is 8.14. The minimum atomic E-state index is -0.417. The average molecular weight is 528 g/mol. The number of rotatable bonds is 7. The van der Waals surface area contributed by atoms with Crippen LogP contribution in [0.1, 0.15) is 30.0 Å². The molecule has 0 amide bonds. The number of phenolic OH excluding ortho intramolecular Hbond substituents is 1. The molecule has 8 nitrogen and oxygen atoms in total. The second-order valence-electron chi connectivity index (χ2n) is 10.3. The van der Waals surface area contributed by atoms with E-state index in [9.17, 15) is 9.90 Å². The van der Waals surface area contributed by atoms with Crippen LogP contribution < -0.4 is 10.6 Å². The molecular formula is C31H37N5O3. The normalized spacial score (nSPS) is 18.0. The van der Waals surface area contributed by atoms with Gasteiger partial charge in [0.25, 0.3) is 0 Å². The number of carbonyl (C=O) groups excluding carboxylic acids is 1. The lowest BCUT2D eigenvalue weighted by molar-refractivity contribution is -0.148. The molecule has 1 unspecified atom stereocenters. The first-order valence-corrected chi connectivity index (χ1v) is 13.6. The molecule has 5 rings (SSSR count). The number of methoxy groups -OCH3 is 1. The smallest absolute Gasteiger partial charge is 0.327 e. The Balaban J connectivity index is 1.18. The summed E-state index contributed by atoms with van der Waals surface area (Å²) in [6.45, 7) is 5.65. The van der Waals surface area contributed by atoms with E-state index in [0.29, 0.717) is 6.04 Å². The number of esters is 1. The number of carbonyl (C=O) groups is 1. The van der Waals surface area contributed by atoms with Crippen molar-refractivity contribution in [2.75, 3.05) is 51.3 Å². The van der Waals surface area contributed by atoms with Crippen LogP contribution in [0.5, 0.6) is 5.75 Å². The van der Waals surface area contributed by atoms with Gasteiger partial charge in [-0.05, 0) is 65.9 Å². The number of anilines is 1. The molecule has 2 saturated heterocycles. The number of aromatic hydroxyl groups is 1. The number of nitrogen functional groups attached to an aromatic ring is 1. The van der Waals surface area contributed by atoms with E-state index < -0.39 is 6.04 Å². The molecule has 0 spiro atoms. The number of ether oxygens (including phenoxy) is 1. The zero-order valence-electron chi connectivity index (χ0n) is 22.4. The van der Waals surface area contributed by atoms with Crippen molar-refractivity contribution in [2.24, 2.45) is 5.73 Å². The maximum Gasteiger partial charge on any atom is 0.327 e. The zero-order valence-corrected chi connectivity index (χ0v) is 22.4. The SMILES string of the molecule is COC(=O)C(c1ccc(-c2ccc(O)cc2)cc1)N1CCC(N2CCN(c3ccc(C(=N)N)cc3)CC2)CC1. The first kappa shape index (κ1) is 26.7. The van der Waals surface area contributed by atoms with Crippen LogP contribution >= 0.6 is 0 Å². The van der Waals surface area contributed by atoms with E-state index in [0.717, 1.165) is 74.4 Å². The minimum Gasteiger partial charge on any atom is -0.508 e. The van der Waals surface area contributed by atoms with Crippen molar-refractivity contribution < 1.29 is 14.6 Å². The first-order chi connectivity index (χ1) is 18.9. The van der Waals surface area contributed by atoms with Crippen LogP contribution in [0, 0.1) is 5.41 Å². The van der Waals surface area contributed by atoms with Crippen molar-refractivity contribution >= 4 is 17.5 Å². The second kappa shape index (κ2) is 11.9. The largest absolute Gasteiger partial charge is 0.508 e. The molecule has 0 saturated carbocycles. The third-order valence-electron chi connectivity index (χ3n) is 8.09. The summed E-state index contributed by atoms with van der Waals surface area (Å²) in [6.07, 6.45) is 2.04. The number of nitrogens with two attached hydrogens (primary N) is 1. The Morgan fingerprint density at radius 1 is 0.872 bits per heavy atom. The van der Waals surface area contributed by atoms with Crippen LogP contribution in [0.2, 0.25) is 0 Å². The summed E-state index contributed by atoms with van der Waals surface area (Å²) in [5, 5.41) is 17.1. The van der Waals surface area contributed by atoms with Gasteiger partial charge in [-0.25, -0.2) is 4.79 Å². The molecule has 0 aromatic heterocycles. The molecule has 39 heavy (non-hydrogen) atoms. The van der Waals surface area contributed by atoms with Crippen LogP contribution in [-0.2, 0) is 9.53 Å². The summed E-state index contributed by atoms with van der Waals surface area (Å²) >= 11 is 0. The number of benzene rings is 3. The lowest BCUT2D eigenvalue weighted by Crippen LogP contribution is -2.54. The van der Waals surface area contributed by atoms with Gasteiger partial charge in [-0.2, -0.15) is 0 Å². The Bertz CT molecular complexity index is 1260. The lowest BCUT2D eigenvalue weighted by Gasteiger charge is -2.44. The number of piperazine rings is 1. The highest BCUT2D eigenvalue weighted by Gasteiger charge is 2.34. The molecule has 4 N–H and O–H groups in total. The topological polar surface area (TPSA) is 106 Å². The molecule has 204 valence electrons. The van der Waals surface area contributed by atoms with Crippen LogP contribution in [0.25, 0.3) is 11.1 Å². The standard InChI is InChI=1S/C31H37N5O3/c1-39-31(38)29(24-4-2-22(3-5-24)23-8-12-28(37)13-9-23)36-16-14-27(15-17-36)35-20-18-34(19-21-35)26-10-6-25(7-11-26)30(32)33/h2-13,27,29,37H,14-21H2,1H3,(H3,32,33). The number of piperidine rings is 1. The van der Waals surface area contributed by atoms with Gasteiger partial charge in [-0.15, -0.1) is 0 Å². The van der Waals surface area contributed by atoms with Gasteiger partial charge in [0.05, 0.1) is 7.11 Å². The summed E-state index contributed by atoms with van der Waals surface area (Å²) in [6, 6.07) is 23.2. The van der Waals surface area contributed by atoms with Crippen LogP contribution in [0.3, 0.4) is 0 Å².